The Morgan fingerprint density at radius 1 is 1.19 bits per heavy atom. The second kappa shape index (κ2) is 5.68. The highest BCUT2D eigenvalue weighted by Gasteiger charge is 2.44. The summed E-state index contributed by atoms with van der Waals surface area (Å²) in [6.07, 6.45) is -0.103. The van der Waals surface area contributed by atoms with E-state index in [-0.39, 0.29) is 0 Å². The molecule has 2 aromatic carbocycles. The number of ether oxygens (including phenoxy) is 1. The standard InChI is InChI=1S/C17H18ClNO2/c18-14-7-3-1-5-12(14)16(20)17(11-19)9-10-21-15-8-4-2-6-13(15)17/h1-8,16,20H,9-11,19H2. The monoisotopic (exact) mass is 303 g/mol. The van der Waals surface area contributed by atoms with Crippen LogP contribution in [0.15, 0.2) is 48.5 Å². The molecule has 1 aliphatic heterocycles. The summed E-state index contributed by atoms with van der Waals surface area (Å²) < 4.78 is 5.70. The molecule has 2 atom stereocenters. The maximum Gasteiger partial charge on any atom is 0.123 e. The molecular weight excluding hydrogens is 286 g/mol. The van der Waals surface area contributed by atoms with Gasteiger partial charge in [0.15, 0.2) is 0 Å². The van der Waals surface area contributed by atoms with Crippen molar-refractivity contribution in [1.29, 1.82) is 0 Å². The fourth-order valence-electron chi connectivity index (χ4n) is 3.08. The summed E-state index contributed by atoms with van der Waals surface area (Å²) in [4.78, 5) is 0. The maximum atomic E-state index is 11.0. The number of hydrogen-bond donors (Lipinski definition) is 2. The lowest BCUT2D eigenvalue weighted by Gasteiger charge is -2.42. The number of rotatable bonds is 3. The predicted octanol–water partition coefficient (Wildman–Crippen LogP) is 3.05. The molecule has 2 unspecified atom stereocenters. The van der Waals surface area contributed by atoms with Gasteiger partial charge in [-0.2, -0.15) is 0 Å². The molecule has 0 saturated carbocycles. The molecule has 3 N–H and O–H groups in total. The fourth-order valence-corrected chi connectivity index (χ4v) is 3.32. The SMILES string of the molecule is NCC1(C(O)c2ccccc2Cl)CCOc2ccccc21. The van der Waals surface area contributed by atoms with Crippen LogP contribution in [0.1, 0.15) is 23.7 Å². The van der Waals surface area contributed by atoms with Crippen LogP contribution in [0.3, 0.4) is 0 Å². The molecule has 0 aromatic heterocycles. The van der Waals surface area contributed by atoms with E-state index in [1.807, 2.05) is 42.5 Å². The summed E-state index contributed by atoms with van der Waals surface area (Å²) in [5.41, 5.74) is 7.17. The molecule has 1 heterocycles. The number of aliphatic hydroxyl groups excluding tert-OH is 1. The summed E-state index contributed by atoms with van der Waals surface area (Å²) in [6, 6.07) is 15.1. The molecule has 1 aliphatic rings. The Labute approximate surface area is 129 Å². The molecule has 0 aliphatic carbocycles. The van der Waals surface area contributed by atoms with E-state index in [9.17, 15) is 5.11 Å². The zero-order valence-electron chi connectivity index (χ0n) is 11.6. The normalized spacial score (nSPS) is 22.2. The molecule has 0 amide bonds. The Hall–Kier alpha value is -1.55. The van der Waals surface area contributed by atoms with Gasteiger partial charge in [-0.25, -0.2) is 0 Å². The molecule has 110 valence electrons. The van der Waals surface area contributed by atoms with Crippen LogP contribution in [0.5, 0.6) is 5.75 Å². The molecule has 0 radical (unpaired) electrons. The van der Waals surface area contributed by atoms with Gasteiger partial charge in [0.1, 0.15) is 5.75 Å². The van der Waals surface area contributed by atoms with Gasteiger partial charge in [-0.1, -0.05) is 48.0 Å². The first-order valence-corrected chi connectivity index (χ1v) is 7.42. The van der Waals surface area contributed by atoms with Crippen molar-refractivity contribution < 1.29 is 9.84 Å². The van der Waals surface area contributed by atoms with E-state index in [0.29, 0.717) is 30.2 Å². The lowest BCUT2D eigenvalue weighted by Crippen LogP contribution is -2.45. The molecule has 2 aromatic rings. The minimum Gasteiger partial charge on any atom is -0.493 e. The predicted molar refractivity (Wildman–Crippen MR) is 83.7 cm³/mol. The van der Waals surface area contributed by atoms with Crippen LogP contribution < -0.4 is 10.5 Å². The van der Waals surface area contributed by atoms with Gasteiger partial charge in [0.05, 0.1) is 12.7 Å². The van der Waals surface area contributed by atoms with E-state index < -0.39 is 11.5 Å². The Bertz CT molecular complexity index is 646. The summed E-state index contributed by atoms with van der Waals surface area (Å²) in [5, 5.41) is 11.6. The Balaban J connectivity index is 2.12. The van der Waals surface area contributed by atoms with E-state index in [1.165, 1.54) is 0 Å². The summed E-state index contributed by atoms with van der Waals surface area (Å²) in [6.45, 7) is 0.871. The van der Waals surface area contributed by atoms with E-state index in [1.54, 1.807) is 6.07 Å². The minimum atomic E-state index is -0.763. The van der Waals surface area contributed by atoms with Crippen LogP contribution in [0.4, 0.5) is 0 Å². The van der Waals surface area contributed by atoms with E-state index in [2.05, 4.69) is 0 Å². The van der Waals surface area contributed by atoms with Gasteiger partial charge in [0, 0.05) is 28.1 Å². The first-order valence-electron chi connectivity index (χ1n) is 7.04. The third-order valence-electron chi connectivity index (χ3n) is 4.32. The van der Waals surface area contributed by atoms with Gasteiger partial charge in [0.2, 0.25) is 0 Å². The molecule has 0 saturated heterocycles. The van der Waals surface area contributed by atoms with Gasteiger partial charge in [-0.05, 0) is 18.6 Å². The highest BCUT2D eigenvalue weighted by molar-refractivity contribution is 6.31. The number of fused-ring (bicyclic) bond motifs is 1. The third-order valence-corrected chi connectivity index (χ3v) is 4.66. The smallest absolute Gasteiger partial charge is 0.123 e. The third kappa shape index (κ3) is 2.31. The maximum absolute atomic E-state index is 11.0. The minimum absolute atomic E-state index is 0.333. The number of para-hydroxylation sites is 1. The second-order valence-electron chi connectivity index (χ2n) is 5.38. The van der Waals surface area contributed by atoms with Gasteiger partial charge in [-0.3, -0.25) is 0 Å². The van der Waals surface area contributed by atoms with E-state index in [4.69, 9.17) is 22.1 Å². The van der Waals surface area contributed by atoms with Gasteiger partial charge in [-0.15, -0.1) is 0 Å². The quantitative estimate of drug-likeness (QED) is 0.916. The van der Waals surface area contributed by atoms with Crippen LogP contribution in [0.25, 0.3) is 0 Å². The summed E-state index contributed by atoms with van der Waals surface area (Å²) in [7, 11) is 0. The van der Waals surface area contributed by atoms with E-state index >= 15 is 0 Å². The molecule has 4 heteroatoms. The van der Waals surface area contributed by atoms with E-state index in [0.717, 1.165) is 11.3 Å². The average molecular weight is 304 g/mol. The number of hydrogen-bond acceptors (Lipinski definition) is 3. The zero-order valence-corrected chi connectivity index (χ0v) is 12.4. The van der Waals surface area contributed by atoms with Gasteiger partial charge in [0.25, 0.3) is 0 Å². The second-order valence-corrected chi connectivity index (χ2v) is 5.79. The van der Waals surface area contributed by atoms with Crippen molar-refractivity contribution in [3.63, 3.8) is 0 Å². The molecule has 0 fully saturated rings. The summed E-state index contributed by atoms with van der Waals surface area (Å²) >= 11 is 6.25. The molecule has 21 heavy (non-hydrogen) atoms. The Morgan fingerprint density at radius 3 is 2.67 bits per heavy atom. The number of benzene rings is 2. The topological polar surface area (TPSA) is 55.5 Å². The van der Waals surface area contributed by atoms with Crippen LogP contribution in [-0.2, 0) is 5.41 Å². The van der Waals surface area contributed by atoms with Crippen molar-refractivity contribution in [3.05, 3.63) is 64.7 Å². The lowest BCUT2D eigenvalue weighted by atomic mass is 9.69. The van der Waals surface area contributed by atoms with Crippen molar-refractivity contribution in [1.82, 2.24) is 0 Å². The molecule has 0 bridgehead atoms. The van der Waals surface area contributed by atoms with Crippen molar-refractivity contribution in [2.75, 3.05) is 13.2 Å². The largest absolute Gasteiger partial charge is 0.493 e. The molecule has 3 nitrogen and oxygen atoms in total. The number of nitrogens with two attached hydrogens (primary N) is 1. The highest BCUT2D eigenvalue weighted by Crippen LogP contribution is 2.47. The van der Waals surface area contributed by atoms with Crippen molar-refractivity contribution in [2.24, 2.45) is 5.73 Å². The molecule has 0 spiro atoms. The first-order chi connectivity index (χ1) is 10.2. The van der Waals surface area contributed by atoms with Crippen LogP contribution in [-0.4, -0.2) is 18.3 Å². The molecular formula is C17H18ClNO2. The first kappa shape index (κ1) is 14.4. The Kier molecular flexibility index (Phi) is 3.89. The number of halogens is 1. The van der Waals surface area contributed by atoms with Crippen molar-refractivity contribution >= 4 is 11.6 Å². The average Bonchev–Trinajstić information content (AvgIpc) is 2.54. The summed E-state index contributed by atoms with van der Waals surface area (Å²) in [5.74, 6) is 0.792. The van der Waals surface area contributed by atoms with Gasteiger partial charge >= 0.3 is 0 Å². The zero-order chi connectivity index (χ0) is 14.9. The number of aliphatic hydroxyl groups is 1. The Morgan fingerprint density at radius 2 is 1.90 bits per heavy atom. The fraction of sp³-hybridized carbons (Fsp3) is 0.294. The highest BCUT2D eigenvalue weighted by atomic mass is 35.5. The van der Waals surface area contributed by atoms with Crippen molar-refractivity contribution in [2.45, 2.75) is 17.9 Å². The van der Waals surface area contributed by atoms with Gasteiger partial charge < -0.3 is 15.6 Å². The lowest BCUT2D eigenvalue weighted by molar-refractivity contribution is 0.0536. The van der Waals surface area contributed by atoms with Crippen LogP contribution >= 0.6 is 11.6 Å². The molecule has 3 rings (SSSR count). The van der Waals surface area contributed by atoms with Crippen LogP contribution in [0.2, 0.25) is 5.02 Å². The van der Waals surface area contributed by atoms with Crippen molar-refractivity contribution in [3.8, 4) is 5.75 Å². The van der Waals surface area contributed by atoms with Crippen LogP contribution in [0, 0.1) is 0 Å².